The lowest BCUT2D eigenvalue weighted by atomic mass is 9.95. The highest BCUT2D eigenvalue weighted by Gasteiger charge is 2.35. The molecule has 3 unspecified atom stereocenters. The van der Waals surface area contributed by atoms with Crippen molar-refractivity contribution in [3.63, 3.8) is 0 Å². The predicted octanol–water partition coefficient (Wildman–Crippen LogP) is 5.65. The minimum atomic E-state index is -4.52. The first-order valence-electron chi connectivity index (χ1n) is 12.0. The molecule has 1 N–H and O–H groups in total. The van der Waals surface area contributed by atoms with Gasteiger partial charge in [-0.2, -0.15) is 13.2 Å². The number of aromatic nitrogens is 1. The number of ether oxygens (including phenoxy) is 3. The van der Waals surface area contributed by atoms with E-state index < -0.39 is 23.8 Å². The van der Waals surface area contributed by atoms with Crippen LogP contribution >= 0.6 is 0 Å². The molecule has 3 atom stereocenters. The van der Waals surface area contributed by atoms with Crippen molar-refractivity contribution in [3.05, 3.63) is 41.3 Å². The van der Waals surface area contributed by atoms with Gasteiger partial charge in [-0.25, -0.2) is 9.78 Å². The molecule has 1 aromatic heterocycles. The second kappa shape index (κ2) is 12.5. The number of hydrogen-bond acceptors (Lipinski definition) is 6. The van der Waals surface area contributed by atoms with Crippen molar-refractivity contribution >= 4 is 5.97 Å². The van der Waals surface area contributed by atoms with Crippen LogP contribution in [0.4, 0.5) is 13.2 Å². The third kappa shape index (κ3) is 7.52. The minimum absolute atomic E-state index is 0.0298. The van der Waals surface area contributed by atoms with E-state index in [1.54, 1.807) is 0 Å². The molecule has 3 rings (SSSR count). The Bertz CT molecular complexity index is 961. The molecule has 0 amide bonds. The summed E-state index contributed by atoms with van der Waals surface area (Å²) in [6, 6.07) is 5.19. The minimum Gasteiger partial charge on any atom is -0.479 e. The van der Waals surface area contributed by atoms with Gasteiger partial charge in [-0.3, -0.25) is 0 Å². The summed E-state index contributed by atoms with van der Waals surface area (Å²) >= 11 is 0. The average Bonchev–Trinajstić information content (AvgIpc) is 3.25. The topological polar surface area (TPSA) is 91.0 Å². The van der Waals surface area contributed by atoms with Crippen LogP contribution in [0.3, 0.4) is 0 Å². The SMILES string of the molecule is CCCOC(COC1CCCC(OCc2nc(-c3ccccc3C(F)(F)F)oc2CC)C1)C(=O)O. The number of carbonyl (C=O) groups is 1. The van der Waals surface area contributed by atoms with E-state index in [9.17, 15) is 23.1 Å². The summed E-state index contributed by atoms with van der Waals surface area (Å²) < 4.78 is 63.1. The van der Waals surface area contributed by atoms with Crippen LogP contribution in [0.2, 0.25) is 0 Å². The normalized spacial score (nSPS) is 19.6. The molecule has 0 saturated heterocycles. The van der Waals surface area contributed by atoms with E-state index in [1.807, 2.05) is 13.8 Å². The summed E-state index contributed by atoms with van der Waals surface area (Å²) in [5.41, 5.74) is -0.432. The average molecular weight is 500 g/mol. The lowest BCUT2D eigenvalue weighted by Gasteiger charge is -2.29. The molecule has 0 bridgehead atoms. The highest BCUT2D eigenvalue weighted by Crippen LogP contribution is 2.37. The number of hydrogen-bond donors (Lipinski definition) is 1. The largest absolute Gasteiger partial charge is 0.479 e. The van der Waals surface area contributed by atoms with Crippen LogP contribution in [0.1, 0.15) is 63.0 Å². The number of alkyl halides is 3. The van der Waals surface area contributed by atoms with Crippen molar-refractivity contribution in [1.29, 1.82) is 0 Å². The van der Waals surface area contributed by atoms with Gasteiger partial charge in [-0.15, -0.1) is 0 Å². The van der Waals surface area contributed by atoms with E-state index in [0.717, 1.165) is 25.3 Å². The molecule has 1 heterocycles. The fraction of sp³-hybridized carbons (Fsp3) is 0.600. The first-order valence-corrected chi connectivity index (χ1v) is 12.0. The summed E-state index contributed by atoms with van der Waals surface area (Å²) in [6.45, 7) is 4.17. The Morgan fingerprint density at radius 3 is 2.57 bits per heavy atom. The molecular formula is C25H32F3NO6. The Morgan fingerprint density at radius 1 is 1.20 bits per heavy atom. The molecule has 7 nitrogen and oxygen atoms in total. The molecule has 1 aliphatic carbocycles. The Labute approximate surface area is 202 Å². The monoisotopic (exact) mass is 499 g/mol. The van der Waals surface area contributed by atoms with E-state index in [4.69, 9.17) is 18.6 Å². The Kier molecular flexibility index (Phi) is 9.71. The third-order valence-corrected chi connectivity index (χ3v) is 5.88. The van der Waals surface area contributed by atoms with Crippen LogP contribution in [-0.2, 0) is 38.2 Å². The van der Waals surface area contributed by atoms with Gasteiger partial charge >= 0.3 is 12.1 Å². The molecule has 194 valence electrons. The van der Waals surface area contributed by atoms with Crippen molar-refractivity contribution in [2.24, 2.45) is 0 Å². The molecule has 2 aromatic rings. The second-order valence-electron chi connectivity index (χ2n) is 8.54. The van der Waals surface area contributed by atoms with E-state index in [0.29, 0.717) is 37.3 Å². The fourth-order valence-electron chi connectivity index (χ4n) is 4.08. The number of carboxylic acid groups (broad SMARTS) is 1. The van der Waals surface area contributed by atoms with Gasteiger partial charge in [0, 0.05) is 18.6 Å². The van der Waals surface area contributed by atoms with Crippen molar-refractivity contribution in [1.82, 2.24) is 4.98 Å². The number of nitrogens with zero attached hydrogens (tertiary/aromatic N) is 1. The Morgan fingerprint density at radius 2 is 1.91 bits per heavy atom. The molecule has 0 aliphatic heterocycles. The number of benzene rings is 1. The van der Waals surface area contributed by atoms with Gasteiger partial charge < -0.3 is 23.7 Å². The molecule has 1 fully saturated rings. The summed E-state index contributed by atoms with van der Waals surface area (Å²) in [6.07, 6.45) is -1.60. The zero-order chi connectivity index (χ0) is 25.4. The number of halogens is 3. The van der Waals surface area contributed by atoms with Crippen LogP contribution in [0.25, 0.3) is 11.5 Å². The molecule has 35 heavy (non-hydrogen) atoms. The second-order valence-corrected chi connectivity index (χ2v) is 8.54. The third-order valence-electron chi connectivity index (χ3n) is 5.88. The molecule has 0 spiro atoms. The number of rotatable bonds is 12. The van der Waals surface area contributed by atoms with Crippen molar-refractivity contribution in [2.45, 2.75) is 83.5 Å². The van der Waals surface area contributed by atoms with Crippen molar-refractivity contribution < 1.29 is 41.7 Å². The van der Waals surface area contributed by atoms with Gasteiger partial charge in [0.05, 0.1) is 31.0 Å². The zero-order valence-corrected chi connectivity index (χ0v) is 20.0. The first-order chi connectivity index (χ1) is 16.7. The quantitative estimate of drug-likeness (QED) is 0.404. The first kappa shape index (κ1) is 27.2. The van der Waals surface area contributed by atoms with Gasteiger partial charge in [-0.1, -0.05) is 26.0 Å². The predicted molar refractivity (Wildman–Crippen MR) is 121 cm³/mol. The van der Waals surface area contributed by atoms with Gasteiger partial charge in [-0.05, 0) is 44.2 Å². The highest BCUT2D eigenvalue weighted by molar-refractivity contribution is 5.72. The van der Waals surface area contributed by atoms with Gasteiger partial charge in [0.25, 0.3) is 0 Å². The Hall–Kier alpha value is -2.43. The molecule has 1 aromatic carbocycles. The fourth-order valence-corrected chi connectivity index (χ4v) is 4.08. The maximum absolute atomic E-state index is 13.4. The smallest absolute Gasteiger partial charge is 0.417 e. The summed E-state index contributed by atoms with van der Waals surface area (Å²) in [7, 11) is 0. The van der Waals surface area contributed by atoms with E-state index in [2.05, 4.69) is 4.98 Å². The number of carboxylic acids is 1. The van der Waals surface area contributed by atoms with Crippen LogP contribution in [0.5, 0.6) is 0 Å². The lowest BCUT2D eigenvalue weighted by molar-refractivity contribution is -0.157. The summed E-state index contributed by atoms with van der Waals surface area (Å²) in [4.78, 5) is 15.7. The molecular weight excluding hydrogens is 467 g/mol. The Balaban J connectivity index is 1.61. The van der Waals surface area contributed by atoms with Crippen LogP contribution < -0.4 is 0 Å². The van der Waals surface area contributed by atoms with E-state index in [1.165, 1.54) is 18.2 Å². The number of aryl methyl sites for hydroxylation is 1. The number of oxazole rings is 1. The highest BCUT2D eigenvalue weighted by atomic mass is 19.4. The molecule has 1 saturated carbocycles. The van der Waals surface area contributed by atoms with Crippen molar-refractivity contribution in [2.75, 3.05) is 13.2 Å². The van der Waals surface area contributed by atoms with Gasteiger partial charge in [0.1, 0.15) is 11.5 Å². The maximum Gasteiger partial charge on any atom is 0.417 e. The maximum atomic E-state index is 13.4. The zero-order valence-electron chi connectivity index (χ0n) is 20.0. The number of aliphatic carboxylic acids is 1. The van der Waals surface area contributed by atoms with Gasteiger partial charge in [0.15, 0.2) is 6.10 Å². The summed E-state index contributed by atoms with van der Waals surface area (Å²) in [5, 5.41) is 9.28. The van der Waals surface area contributed by atoms with E-state index >= 15 is 0 Å². The lowest BCUT2D eigenvalue weighted by Crippen LogP contribution is -2.34. The van der Waals surface area contributed by atoms with Crippen LogP contribution in [0, 0.1) is 0 Å². The summed E-state index contributed by atoms with van der Waals surface area (Å²) in [5.74, 6) is -0.647. The van der Waals surface area contributed by atoms with Crippen molar-refractivity contribution in [3.8, 4) is 11.5 Å². The van der Waals surface area contributed by atoms with E-state index in [-0.39, 0.29) is 36.9 Å². The standard InChI is InChI=1S/C25H32F3NO6/c1-3-12-32-22(24(30)31)15-34-17-9-7-8-16(13-17)33-14-20-21(4-2)35-23(29-20)18-10-5-6-11-19(18)25(26,27)28/h5-6,10-11,16-17,22H,3-4,7-9,12-15H2,1-2H3,(H,30,31). The molecule has 1 aliphatic rings. The molecule has 10 heteroatoms. The van der Waals surface area contributed by atoms with Gasteiger partial charge in [0.2, 0.25) is 5.89 Å². The molecule has 0 radical (unpaired) electrons. The van der Waals surface area contributed by atoms with Crippen LogP contribution in [-0.4, -0.2) is 47.6 Å². The van der Waals surface area contributed by atoms with Crippen LogP contribution in [0.15, 0.2) is 28.7 Å².